The van der Waals surface area contributed by atoms with E-state index in [1.807, 2.05) is 54.9 Å². The van der Waals surface area contributed by atoms with Crippen LogP contribution in [-0.4, -0.2) is 16.7 Å². The van der Waals surface area contributed by atoms with Crippen molar-refractivity contribution in [2.45, 2.75) is 6.92 Å². The first-order valence-electron chi connectivity index (χ1n) is 8.91. The molecule has 0 aliphatic heterocycles. The Morgan fingerprint density at radius 3 is 2.48 bits per heavy atom. The van der Waals surface area contributed by atoms with E-state index in [4.69, 9.17) is 44.5 Å². The summed E-state index contributed by atoms with van der Waals surface area (Å²) in [5.41, 5.74) is 5.47. The monoisotopic (exact) mass is 445 g/mol. The number of benzene rings is 3. The van der Waals surface area contributed by atoms with Crippen molar-refractivity contribution in [3.63, 3.8) is 0 Å². The van der Waals surface area contributed by atoms with Gasteiger partial charge < -0.3 is 14.6 Å². The van der Waals surface area contributed by atoms with Crippen LogP contribution in [0.2, 0.25) is 15.1 Å². The predicted molar refractivity (Wildman–Crippen MR) is 122 cm³/mol. The first-order chi connectivity index (χ1) is 13.9. The zero-order valence-electron chi connectivity index (χ0n) is 16.1. The molecule has 1 N–H and O–H groups in total. The van der Waals surface area contributed by atoms with E-state index in [1.165, 1.54) is 0 Å². The Labute approximate surface area is 184 Å². The van der Waals surface area contributed by atoms with E-state index in [-0.39, 0.29) is 0 Å². The van der Waals surface area contributed by atoms with Gasteiger partial charge in [-0.2, -0.15) is 0 Å². The molecule has 29 heavy (non-hydrogen) atoms. The number of hydrogen-bond donors (Lipinski definition) is 1. The van der Waals surface area contributed by atoms with Gasteiger partial charge in [0.15, 0.2) is 0 Å². The summed E-state index contributed by atoms with van der Waals surface area (Å²) in [5, 5.41) is 5.21. The van der Waals surface area contributed by atoms with Gasteiger partial charge in [0.1, 0.15) is 5.75 Å². The number of halogens is 3. The van der Waals surface area contributed by atoms with Crippen molar-refractivity contribution in [2.75, 3.05) is 12.4 Å². The second kappa shape index (κ2) is 7.79. The molecule has 0 spiro atoms. The molecule has 4 aromatic rings. The SMILES string of the molecule is COc1cc(Cl)cc(C)c1Nc1nc2cccc(-c3ccc(Cl)cc3Cl)c2n1C. The molecule has 0 saturated heterocycles. The lowest BCUT2D eigenvalue weighted by atomic mass is 10.0. The minimum atomic E-state index is 0.593. The smallest absolute Gasteiger partial charge is 0.208 e. The summed E-state index contributed by atoms with van der Waals surface area (Å²) in [6, 6.07) is 15.1. The molecule has 4 rings (SSSR count). The molecule has 1 aromatic heterocycles. The standard InChI is InChI=1S/C22H18Cl3N3O/c1-12-9-14(24)11-19(29-3)20(12)27-22-26-18-6-4-5-16(21(18)28(22)2)15-8-7-13(23)10-17(15)25/h4-11H,1-3H3,(H,26,27). The number of hydrogen-bond acceptors (Lipinski definition) is 3. The van der Waals surface area contributed by atoms with Crippen molar-refractivity contribution in [1.82, 2.24) is 9.55 Å². The third kappa shape index (κ3) is 3.64. The maximum Gasteiger partial charge on any atom is 0.208 e. The number of rotatable bonds is 4. The van der Waals surface area contributed by atoms with Gasteiger partial charge in [-0.1, -0.05) is 53.0 Å². The zero-order valence-corrected chi connectivity index (χ0v) is 18.3. The van der Waals surface area contributed by atoms with Gasteiger partial charge in [0.25, 0.3) is 0 Å². The highest BCUT2D eigenvalue weighted by Gasteiger charge is 2.17. The van der Waals surface area contributed by atoms with E-state index < -0.39 is 0 Å². The van der Waals surface area contributed by atoms with Crippen molar-refractivity contribution >= 4 is 57.5 Å². The Morgan fingerprint density at radius 1 is 0.966 bits per heavy atom. The molecule has 0 radical (unpaired) electrons. The minimum absolute atomic E-state index is 0.593. The van der Waals surface area contributed by atoms with Crippen LogP contribution in [-0.2, 0) is 7.05 Å². The van der Waals surface area contributed by atoms with Crippen molar-refractivity contribution < 1.29 is 4.74 Å². The summed E-state index contributed by atoms with van der Waals surface area (Å²) < 4.78 is 7.50. The van der Waals surface area contributed by atoms with Gasteiger partial charge in [-0.25, -0.2) is 4.98 Å². The van der Waals surface area contributed by atoms with Crippen LogP contribution in [0.25, 0.3) is 22.2 Å². The van der Waals surface area contributed by atoms with Crippen LogP contribution in [0, 0.1) is 6.92 Å². The van der Waals surface area contributed by atoms with Crippen LogP contribution in [0.1, 0.15) is 5.56 Å². The molecule has 0 amide bonds. The quantitative estimate of drug-likeness (QED) is 0.358. The Morgan fingerprint density at radius 2 is 1.76 bits per heavy atom. The van der Waals surface area contributed by atoms with Gasteiger partial charge in [0, 0.05) is 39.3 Å². The lowest BCUT2D eigenvalue weighted by Crippen LogP contribution is -2.03. The maximum atomic E-state index is 6.47. The molecule has 0 fully saturated rings. The largest absolute Gasteiger partial charge is 0.495 e. The molecule has 4 nitrogen and oxygen atoms in total. The molecular formula is C22H18Cl3N3O. The second-order valence-corrected chi connectivity index (χ2v) is 8.00. The molecule has 0 aliphatic rings. The van der Waals surface area contributed by atoms with E-state index in [0.717, 1.165) is 33.4 Å². The van der Waals surface area contributed by atoms with Crippen LogP contribution in [0.15, 0.2) is 48.5 Å². The van der Waals surface area contributed by atoms with Crippen LogP contribution in [0.4, 0.5) is 11.6 Å². The van der Waals surface area contributed by atoms with Gasteiger partial charge in [0.2, 0.25) is 5.95 Å². The third-order valence-electron chi connectivity index (χ3n) is 4.84. The normalized spacial score (nSPS) is 11.1. The summed E-state index contributed by atoms with van der Waals surface area (Å²) in [5.74, 6) is 1.34. The Kier molecular flexibility index (Phi) is 5.34. The minimum Gasteiger partial charge on any atom is -0.495 e. The second-order valence-electron chi connectivity index (χ2n) is 6.72. The van der Waals surface area contributed by atoms with E-state index in [0.29, 0.717) is 26.8 Å². The highest BCUT2D eigenvalue weighted by Crippen LogP contribution is 2.38. The average molecular weight is 447 g/mol. The molecule has 3 aromatic carbocycles. The highest BCUT2D eigenvalue weighted by atomic mass is 35.5. The molecule has 0 atom stereocenters. The Hall–Kier alpha value is -2.40. The number of nitrogens with one attached hydrogen (secondary N) is 1. The first kappa shape index (κ1) is 19.9. The zero-order chi connectivity index (χ0) is 20.7. The fraction of sp³-hybridized carbons (Fsp3) is 0.136. The van der Waals surface area contributed by atoms with Crippen LogP contribution in [0.3, 0.4) is 0 Å². The topological polar surface area (TPSA) is 39.1 Å². The lowest BCUT2D eigenvalue weighted by Gasteiger charge is -2.14. The summed E-state index contributed by atoms with van der Waals surface area (Å²) in [7, 11) is 3.58. The predicted octanol–water partition coefficient (Wildman–Crippen LogP) is 7.26. The van der Waals surface area contributed by atoms with Crippen molar-refractivity contribution in [2.24, 2.45) is 7.05 Å². The number of fused-ring (bicyclic) bond motifs is 1. The number of aromatic nitrogens is 2. The van der Waals surface area contributed by atoms with E-state index in [2.05, 4.69) is 5.32 Å². The van der Waals surface area contributed by atoms with Crippen LogP contribution >= 0.6 is 34.8 Å². The molecule has 1 heterocycles. The number of anilines is 2. The summed E-state index contributed by atoms with van der Waals surface area (Å²) in [6.07, 6.45) is 0. The van der Waals surface area contributed by atoms with E-state index in [9.17, 15) is 0 Å². The number of methoxy groups -OCH3 is 1. The number of aryl methyl sites for hydroxylation is 2. The molecule has 148 valence electrons. The fourth-order valence-electron chi connectivity index (χ4n) is 3.45. The van der Waals surface area contributed by atoms with Gasteiger partial charge in [-0.3, -0.25) is 0 Å². The van der Waals surface area contributed by atoms with Gasteiger partial charge in [0.05, 0.1) is 23.8 Å². The molecular weight excluding hydrogens is 429 g/mol. The summed E-state index contributed by atoms with van der Waals surface area (Å²) >= 11 is 18.7. The third-order valence-corrected chi connectivity index (χ3v) is 5.60. The fourth-order valence-corrected chi connectivity index (χ4v) is 4.22. The Bertz CT molecular complexity index is 1230. The number of para-hydroxylation sites is 1. The van der Waals surface area contributed by atoms with Crippen molar-refractivity contribution in [3.8, 4) is 16.9 Å². The van der Waals surface area contributed by atoms with Crippen LogP contribution in [0.5, 0.6) is 5.75 Å². The van der Waals surface area contributed by atoms with E-state index >= 15 is 0 Å². The maximum absolute atomic E-state index is 6.47. The first-order valence-corrected chi connectivity index (χ1v) is 10.0. The number of nitrogens with zero attached hydrogens (tertiary/aromatic N) is 2. The lowest BCUT2D eigenvalue weighted by molar-refractivity contribution is 0.416. The molecule has 0 aliphatic carbocycles. The van der Waals surface area contributed by atoms with Crippen molar-refractivity contribution in [1.29, 1.82) is 0 Å². The van der Waals surface area contributed by atoms with Crippen LogP contribution < -0.4 is 10.1 Å². The average Bonchev–Trinajstić information content (AvgIpc) is 2.99. The van der Waals surface area contributed by atoms with Gasteiger partial charge in [-0.15, -0.1) is 0 Å². The molecule has 7 heteroatoms. The number of imidazole rings is 1. The van der Waals surface area contributed by atoms with Gasteiger partial charge >= 0.3 is 0 Å². The van der Waals surface area contributed by atoms with E-state index in [1.54, 1.807) is 19.2 Å². The van der Waals surface area contributed by atoms with Gasteiger partial charge in [-0.05, 0) is 36.8 Å². The Balaban J connectivity index is 1.86. The number of ether oxygens (including phenoxy) is 1. The highest BCUT2D eigenvalue weighted by molar-refractivity contribution is 6.36. The molecule has 0 bridgehead atoms. The summed E-state index contributed by atoms with van der Waals surface area (Å²) in [6.45, 7) is 1.97. The molecule has 0 unspecified atom stereocenters. The summed E-state index contributed by atoms with van der Waals surface area (Å²) in [4.78, 5) is 4.77. The molecule has 0 saturated carbocycles. The van der Waals surface area contributed by atoms with Crippen molar-refractivity contribution in [3.05, 3.63) is 69.2 Å².